The van der Waals surface area contributed by atoms with Gasteiger partial charge in [-0.25, -0.2) is 4.98 Å². The third-order valence-electron chi connectivity index (χ3n) is 2.27. The molecule has 17 heavy (non-hydrogen) atoms. The van der Waals surface area contributed by atoms with Crippen molar-refractivity contribution < 1.29 is 9.84 Å². The average Bonchev–Trinajstić information content (AvgIpc) is 2.38. The largest absolute Gasteiger partial charge is 0.472 e. The number of hydrogen-bond acceptors (Lipinski definition) is 3. The van der Waals surface area contributed by atoms with Crippen LogP contribution in [-0.4, -0.2) is 10.1 Å². The molecule has 0 bridgehead atoms. The van der Waals surface area contributed by atoms with Crippen molar-refractivity contribution in [3.05, 3.63) is 58.7 Å². The third kappa shape index (κ3) is 3.19. The lowest BCUT2D eigenvalue weighted by atomic mass is 10.2. The Hall–Kier alpha value is -1.58. The van der Waals surface area contributed by atoms with E-state index in [-0.39, 0.29) is 6.61 Å². The minimum absolute atomic E-state index is 0.0777. The van der Waals surface area contributed by atoms with Gasteiger partial charge in [0.25, 0.3) is 0 Å². The molecular weight excluding hydrogens is 238 g/mol. The summed E-state index contributed by atoms with van der Waals surface area (Å²) in [6.45, 7) is 0.345. The molecule has 0 saturated carbocycles. The second kappa shape index (κ2) is 5.66. The standard InChI is InChI=1S/C13H12ClNO2/c14-12-6-11(8-16)7-15-13(12)17-9-10-4-2-1-3-5-10/h1-7,16H,8-9H2. The van der Waals surface area contributed by atoms with E-state index in [1.165, 1.54) is 0 Å². The van der Waals surface area contributed by atoms with Gasteiger partial charge in [-0.15, -0.1) is 0 Å². The summed E-state index contributed by atoms with van der Waals surface area (Å²) in [5.41, 5.74) is 1.72. The van der Waals surface area contributed by atoms with Gasteiger partial charge in [0.1, 0.15) is 11.6 Å². The van der Waals surface area contributed by atoms with Gasteiger partial charge in [-0.1, -0.05) is 41.9 Å². The average molecular weight is 250 g/mol. The minimum atomic E-state index is -0.0777. The van der Waals surface area contributed by atoms with E-state index in [2.05, 4.69) is 4.98 Å². The number of ether oxygens (including phenoxy) is 1. The molecule has 0 amide bonds. The fraction of sp³-hybridized carbons (Fsp3) is 0.154. The fourth-order valence-electron chi connectivity index (χ4n) is 1.38. The van der Waals surface area contributed by atoms with Gasteiger partial charge in [0, 0.05) is 6.20 Å². The summed E-state index contributed by atoms with van der Waals surface area (Å²) in [6.07, 6.45) is 1.55. The lowest BCUT2D eigenvalue weighted by Gasteiger charge is -2.07. The summed E-state index contributed by atoms with van der Waals surface area (Å²) in [4.78, 5) is 4.05. The Kier molecular flexibility index (Phi) is 3.96. The highest BCUT2D eigenvalue weighted by atomic mass is 35.5. The van der Waals surface area contributed by atoms with E-state index in [0.717, 1.165) is 5.56 Å². The van der Waals surface area contributed by atoms with Crippen LogP contribution in [0, 0.1) is 0 Å². The predicted octanol–water partition coefficient (Wildman–Crippen LogP) is 2.81. The molecule has 0 aliphatic rings. The zero-order chi connectivity index (χ0) is 12.1. The molecule has 2 aromatic rings. The lowest BCUT2D eigenvalue weighted by molar-refractivity contribution is 0.278. The van der Waals surface area contributed by atoms with Crippen molar-refractivity contribution in [2.45, 2.75) is 13.2 Å². The number of pyridine rings is 1. The van der Waals surface area contributed by atoms with Gasteiger partial charge >= 0.3 is 0 Å². The molecule has 0 fully saturated rings. The number of halogens is 1. The van der Waals surface area contributed by atoms with Gasteiger partial charge < -0.3 is 9.84 Å². The molecule has 0 atom stereocenters. The molecule has 1 aromatic carbocycles. The maximum absolute atomic E-state index is 8.92. The quantitative estimate of drug-likeness (QED) is 0.906. The van der Waals surface area contributed by atoms with Gasteiger partial charge in [0.15, 0.2) is 0 Å². The van der Waals surface area contributed by atoms with Crippen LogP contribution in [-0.2, 0) is 13.2 Å². The zero-order valence-corrected chi connectivity index (χ0v) is 9.89. The molecule has 1 heterocycles. The summed E-state index contributed by atoms with van der Waals surface area (Å²) >= 11 is 5.98. The molecule has 88 valence electrons. The number of hydrogen-bond donors (Lipinski definition) is 1. The number of aliphatic hydroxyl groups excluding tert-OH is 1. The van der Waals surface area contributed by atoms with E-state index >= 15 is 0 Å². The Morgan fingerprint density at radius 2 is 1.94 bits per heavy atom. The van der Waals surface area contributed by atoms with Crippen molar-refractivity contribution in [3.8, 4) is 5.88 Å². The van der Waals surface area contributed by atoms with Crippen LogP contribution < -0.4 is 4.74 Å². The maximum Gasteiger partial charge on any atom is 0.232 e. The van der Waals surface area contributed by atoms with Gasteiger partial charge in [-0.2, -0.15) is 0 Å². The smallest absolute Gasteiger partial charge is 0.232 e. The molecule has 0 aliphatic heterocycles. The first kappa shape index (κ1) is 11.9. The summed E-state index contributed by atoms with van der Waals surface area (Å²) in [7, 11) is 0. The number of rotatable bonds is 4. The van der Waals surface area contributed by atoms with Crippen LogP contribution in [0.15, 0.2) is 42.6 Å². The zero-order valence-electron chi connectivity index (χ0n) is 9.14. The first-order valence-electron chi connectivity index (χ1n) is 5.21. The number of aromatic nitrogens is 1. The van der Waals surface area contributed by atoms with E-state index < -0.39 is 0 Å². The number of benzene rings is 1. The third-order valence-corrected chi connectivity index (χ3v) is 2.54. The molecule has 3 nitrogen and oxygen atoms in total. The van der Waals surface area contributed by atoms with E-state index in [9.17, 15) is 0 Å². The molecule has 1 aromatic heterocycles. The Morgan fingerprint density at radius 1 is 1.18 bits per heavy atom. The van der Waals surface area contributed by atoms with Crippen molar-refractivity contribution >= 4 is 11.6 Å². The van der Waals surface area contributed by atoms with Crippen LogP contribution >= 0.6 is 11.6 Å². The van der Waals surface area contributed by atoms with E-state index in [1.54, 1.807) is 12.3 Å². The van der Waals surface area contributed by atoms with Gasteiger partial charge in [-0.3, -0.25) is 0 Å². The monoisotopic (exact) mass is 249 g/mol. The normalized spacial score (nSPS) is 10.2. The fourth-order valence-corrected chi connectivity index (χ4v) is 1.63. The van der Waals surface area contributed by atoms with E-state index in [1.807, 2.05) is 30.3 Å². The first-order valence-corrected chi connectivity index (χ1v) is 5.59. The molecule has 0 unspecified atom stereocenters. The Morgan fingerprint density at radius 3 is 2.59 bits per heavy atom. The molecule has 1 N–H and O–H groups in total. The van der Waals surface area contributed by atoms with Gasteiger partial charge in [0.05, 0.1) is 6.61 Å². The van der Waals surface area contributed by atoms with Gasteiger partial charge in [0.2, 0.25) is 5.88 Å². The second-order valence-electron chi connectivity index (χ2n) is 3.56. The van der Waals surface area contributed by atoms with Gasteiger partial charge in [-0.05, 0) is 17.2 Å². The molecule has 0 aliphatic carbocycles. The Balaban J connectivity index is 2.04. The van der Waals surface area contributed by atoms with Crippen LogP contribution in [0.2, 0.25) is 5.02 Å². The van der Waals surface area contributed by atoms with Crippen molar-refractivity contribution in [2.75, 3.05) is 0 Å². The summed E-state index contributed by atoms with van der Waals surface area (Å²) in [6, 6.07) is 11.4. The molecule has 2 rings (SSSR count). The van der Waals surface area contributed by atoms with Crippen LogP contribution in [0.4, 0.5) is 0 Å². The number of nitrogens with zero attached hydrogens (tertiary/aromatic N) is 1. The van der Waals surface area contributed by atoms with Crippen LogP contribution in [0.25, 0.3) is 0 Å². The Bertz CT molecular complexity index is 488. The maximum atomic E-state index is 8.92. The van der Waals surface area contributed by atoms with Crippen LogP contribution in [0.1, 0.15) is 11.1 Å². The van der Waals surface area contributed by atoms with Crippen LogP contribution in [0.5, 0.6) is 5.88 Å². The van der Waals surface area contributed by atoms with E-state index in [0.29, 0.717) is 23.1 Å². The molecule has 0 saturated heterocycles. The van der Waals surface area contributed by atoms with Crippen molar-refractivity contribution in [2.24, 2.45) is 0 Å². The summed E-state index contributed by atoms with van der Waals surface area (Å²) < 4.78 is 5.50. The summed E-state index contributed by atoms with van der Waals surface area (Å²) in [5.74, 6) is 0.382. The highest BCUT2D eigenvalue weighted by Crippen LogP contribution is 2.23. The van der Waals surface area contributed by atoms with Crippen LogP contribution in [0.3, 0.4) is 0 Å². The van der Waals surface area contributed by atoms with Crippen molar-refractivity contribution in [3.63, 3.8) is 0 Å². The summed E-state index contributed by atoms with van der Waals surface area (Å²) in [5, 5.41) is 9.33. The Labute approximate surface area is 105 Å². The topological polar surface area (TPSA) is 42.4 Å². The van der Waals surface area contributed by atoms with Crippen molar-refractivity contribution in [1.82, 2.24) is 4.98 Å². The predicted molar refractivity (Wildman–Crippen MR) is 65.9 cm³/mol. The second-order valence-corrected chi connectivity index (χ2v) is 3.97. The highest BCUT2D eigenvalue weighted by Gasteiger charge is 2.04. The molecule has 0 spiro atoms. The number of aliphatic hydroxyl groups is 1. The highest BCUT2D eigenvalue weighted by molar-refractivity contribution is 6.31. The molecular formula is C13H12ClNO2. The van der Waals surface area contributed by atoms with Crippen molar-refractivity contribution in [1.29, 1.82) is 0 Å². The SMILES string of the molecule is OCc1cnc(OCc2ccccc2)c(Cl)c1. The molecule has 4 heteroatoms. The first-order chi connectivity index (χ1) is 8.29. The molecule has 0 radical (unpaired) electrons. The van der Waals surface area contributed by atoms with E-state index in [4.69, 9.17) is 21.4 Å². The minimum Gasteiger partial charge on any atom is -0.472 e. The lowest BCUT2D eigenvalue weighted by Crippen LogP contribution is -1.98.